The summed E-state index contributed by atoms with van der Waals surface area (Å²) in [6.07, 6.45) is 8.42. The molecule has 4 aliphatic rings. The van der Waals surface area contributed by atoms with E-state index in [0.717, 1.165) is 51.2 Å². The summed E-state index contributed by atoms with van der Waals surface area (Å²) in [6.45, 7) is 7.77. The van der Waals surface area contributed by atoms with Crippen molar-refractivity contribution in [2.75, 3.05) is 18.6 Å². The van der Waals surface area contributed by atoms with Gasteiger partial charge in [-0.25, -0.2) is 13.2 Å². The van der Waals surface area contributed by atoms with Gasteiger partial charge in [0.15, 0.2) is 0 Å². The Labute approximate surface area is 254 Å². The Morgan fingerprint density at radius 1 is 0.977 bits per heavy atom. The van der Waals surface area contributed by atoms with Crippen LogP contribution in [-0.4, -0.2) is 85.1 Å². The van der Waals surface area contributed by atoms with Crippen LogP contribution in [0.25, 0.3) is 0 Å². The molecule has 3 unspecified atom stereocenters. The lowest BCUT2D eigenvalue weighted by molar-refractivity contribution is -0.144. The number of Topliss-reactive ketones (excluding diaryl/α,β-unsaturated/α-hetero) is 1. The molecule has 5 N–H and O–H groups in total. The Balaban J connectivity index is 1.55. The van der Waals surface area contributed by atoms with Gasteiger partial charge in [0.05, 0.1) is 17.3 Å². The van der Waals surface area contributed by atoms with Crippen molar-refractivity contribution in [3.63, 3.8) is 0 Å². The largest absolute Gasteiger partial charge is 0.363 e. The van der Waals surface area contributed by atoms with Gasteiger partial charge in [0.1, 0.15) is 21.9 Å². The summed E-state index contributed by atoms with van der Waals surface area (Å²) in [6, 6.07) is -3.53. The molecule has 1 spiro atoms. The fraction of sp³-hybridized carbons (Fsp3) is 0.833. The Morgan fingerprint density at radius 3 is 2.07 bits per heavy atom. The van der Waals surface area contributed by atoms with E-state index in [0.29, 0.717) is 25.8 Å². The lowest BCUT2D eigenvalue weighted by Gasteiger charge is -2.40. The average molecular weight is 624 g/mol. The molecule has 5 amide bonds. The number of nitrogens with zero attached hydrogens (tertiary/aromatic N) is 1. The molecule has 242 valence electrons. The zero-order chi connectivity index (χ0) is 32.0. The third-order valence-corrected chi connectivity index (χ3v) is 11.0. The van der Waals surface area contributed by atoms with E-state index in [4.69, 9.17) is 5.73 Å². The van der Waals surface area contributed by atoms with E-state index < -0.39 is 73.9 Å². The van der Waals surface area contributed by atoms with E-state index >= 15 is 0 Å². The minimum atomic E-state index is -3.38. The molecule has 1 saturated heterocycles. The predicted molar refractivity (Wildman–Crippen MR) is 160 cm³/mol. The van der Waals surface area contributed by atoms with Crippen molar-refractivity contribution in [3.8, 4) is 0 Å². The molecule has 43 heavy (non-hydrogen) atoms. The molecule has 12 nitrogen and oxygen atoms in total. The summed E-state index contributed by atoms with van der Waals surface area (Å²) in [5, 5.41) is 8.53. The van der Waals surface area contributed by atoms with Crippen LogP contribution in [-0.2, 0) is 29.0 Å². The molecular formula is C30H49N5O7S. The Hall–Kier alpha value is -2.70. The van der Waals surface area contributed by atoms with Gasteiger partial charge >= 0.3 is 6.03 Å². The summed E-state index contributed by atoms with van der Waals surface area (Å²) in [7, 11) is -3.38. The van der Waals surface area contributed by atoms with Crippen LogP contribution in [0.1, 0.15) is 91.9 Å². The number of sulfone groups is 1. The summed E-state index contributed by atoms with van der Waals surface area (Å²) in [5.74, 6) is -2.77. The van der Waals surface area contributed by atoms with Gasteiger partial charge in [-0.2, -0.15) is 0 Å². The minimum Gasteiger partial charge on any atom is -0.363 e. The SMILES string of the molecule is CC1CN(C(=O)[C@@H](NC(=O)NC2(CS(C)(=O)=O)CCCCC2)C(C)(C)C)C(C(=O)NC(CC2CC2)C(=O)C(N)=O)C12CC2. The molecule has 1 heterocycles. The molecule has 0 aromatic rings. The number of ketones is 1. The Kier molecular flexibility index (Phi) is 9.27. The molecule has 0 aromatic carbocycles. The van der Waals surface area contributed by atoms with Crippen LogP contribution in [0.5, 0.6) is 0 Å². The summed E-state index contributed by atoms with van der Waals surface area (Å²) in [4.78, 5) is 67.4. The second kappa shape index (κ2) is 12.0. The number of nitrogens with two attached hydrogens (primary N) is 1. The van der Waals surface area contributed by atoms with Gasteiger partial charge in [-0.05, 0) is 49.4 Å². The normalized spacial score (nSPS) is 25.8. The monoisotopic (exact) mass is 623 g/mol. The van der Waals surface area contributed by atoms with Gasteiger partial charge in [0.25, 0.3) is 5.91 Å². The highest BCUT2D eigenvalue weighted by Gasteiger charge is 2.64. The molecular weight excluding hydrogens is 574 g/mol. The van der Waals surface area contributed by atoms with Crippen molar-refractivity contribution < 1.29 is 32.4 Å². The Morgan fingerprint density at radius 2 is 1.58 bits per heavy atom. The van der Waals surface area contributed by atoms with Crippen molar-refractivity contribution in [1.29, 1.82) is 0 Å². The van der Waals surface area contributed by atoms with Crippen LogP contribution in [0.2, 0.25) is 0 Å². The zero-order valence-corrected chi connectivity index (χ0v) is 27.0. The highest BCUT2D eigenvalue weighted by Crippen LogP contribution is 2.60. The molecule has 3 saturated carbocycles. The zero-order valence-electron chi connectivity index (χ0n) is 26.2. The molecule has 13 heteroatoms. The quantitative estimate of drug-likeness (QED) is 0.251. The van der Waals surface area contributed by atoms with Crippen molar-refractivity contribution in [2.24, 2.45) is 28.4 Å². The topological polar surface area (TPSA) is 185 Å². The van der Waals surface area contributed by atoms with Gasteiger partial charge in [-0.1, -0.05) is 59.8 Å². The van der Waals surface area contributed by atoms with E-state index in [9.17, 15) is 32.4 Å². The number of primary amides is 1. The molecule has 4 atom stereocenters. The molecule has 4 fully saturated rings. The van der Waals surface area contributed by atoms with Crippen molar-refractivity contribution >= 4 is 39.4 Å². The van der Waals surface area contributed by atoms with Gasteiger partial charge in [-0.15, -0.1) is 0 Å². The van der Waals surface area contributed by atoms with Crippen molar-refractivity contribution in [2.45, 2.75) is 116 Å². The minimum absolute atomic E-state index is 0.00985. The van der Waals surface area contributed by atoms with Crippen LogP contribution in [0, 0.1) is 22.7 Å². The molecule has 3 aliphatic carbocycles. The first-order chi connectivity index (χ1) is 19.9. The average Bonchev–Trinajstić information content (AvgIpc) is 3.80. The van der Waals surface area contributed by atoms with Crippen LogP contribution in [0.3, 0.4) is 0 Å². The second-order valence-electron chi connectivity index (χ2n) is 14.8. The first-order valence-corrected chi connectivity index (χ1v) is 17.6. The standard InChI is InChI=1S/C30H49N5O7S/c1-18-16-35(23(30(18)13-14-30)25(38)32-20(15-19-9-10-19)21(36)24(31)37)26(39)22(28(2,3)4)33-27(40)34-29(17-43(5,41)42)11-7-6-8-12-29/h18-20,22-23H,6-17H2,1-5H3,(H2,31,37)(H,32,38)(H2,33,34,40)/t18?,20?,22-,23?/m1/s1. The van der Waals surface area contributed by atoms with Gasteiger partial charge < -0.3 is 26.6 Å². The summed E-state index contributed by atoms with van der Waals surface area (Å²) < 4.78 is 24.5. The van der Waals surface area contributed by atoms with Gasteiger partial charge in [-0.3, -0.25) is 19.2 Å². The first kappa shape index (κ1) is 33.2. The van der Waals surface area contributed by atoms with Crippen molar-refractivity contribution in [3.05, 3.63) is 0 Å². The summed E-state index contributed by atoms with van der Waals surface area (Å²) in [5.41, 5.74) is 3.19. The van der Waals surface area contributed by atoms with E-state index in [2.05, 4.69) is 16.0 Å². The predicted octanol–water partition coefficient (Wildman–Crippen LogP) is 1.41. The highest BCUT2D eigenvalue weighted by molar-refractivity contribution is 7.90. The van der Waals surface area contributed by atoms with Crippen LogP contribution >= 0.6 is 0 Å². The maximum absolute atomic E-state index is 14.3. The number of nitrogens with one attached hydrogen (secondary N) is 3. The van der Waals surface area contributed by atoms with E-state index in [-0.39, 0.29) is 17.6 Å². The Bertz CT molecular complexity index is 1250. The van der Waals surface area contributed by atoms with E-state index in [1.807, 2.05) is 27.7 Å². The second-order valence-corrected chi connectivity index (χ2v) is 16.9. The van der Waals surface area contributed by atoms with Crippen LogP contribution < -0.4 is 21.7 Å². The molecule has 0 bridgehead atoms. The highest BCUT2D eigenvalue weighted by atomic mass is 32.2. The lowest BCUT2D eigenvalue weighted by atomic mass is 9.83. The molecule has 0 radical (unpaired) electrons. The fourth-order valence-corrected chi connectivity index (χ4v) is 8.66. The van der Waals surface area contributed by atoms with Gasteiger partial charge in [0, 0.05) is 18.2 Å². The number of hydrogen-bond donors (Lipinski definition) is 4. The first-order valence-electron chi connectivity index (χ1n) is 15.6. The number of hydrogen-bond acceptors (Lipinski definition) is 7. The molecule has 1 aliphatic heterocycles. The van der Waals surface area contributed by atoms with Gasteiger partial charge in [0.2, 0.25) is 17.6 Å². The number of rotatable bonds is 11. The third-order valence-electron chi connectivity index (χ3n) is 9.93. The smallest absolute Gasteiger partial charge is 0.315 e. The van der Waals surface area contributed by atoms with E-state index in [1.165, 1.54) is 4.90 Å². The molecule has 0 aromatic heterocycles. The number of amides is 5. The third kappa shape index (κ3) is 7.69. The summed E-state index contributed by atoms with van der Waals surface area (Å²) >= 11 is 0. The number of carbonyl (C=O) groups is 5. The number of carbonyl (C=O) groups excluding carboxylic acids is 5. The van der Waals surface area contributed by atoms with Crippen molar-refractivity contribution in [1.82, 2.24) is 20.9 Å². The van der Waals surface area contributed by atoms with E-state index in [1.54, 1.807) is 0 Å². The lowest BCUT2D eigenvalue weighted by Crippen LogP contribution is -2.63. The maximum atomic E-state index is 14.3. The van der Waals surface area contributed by atoms with Crippen LogP contribution in [0.4, 0.5) is 4.79 Å². The maximum Gasteiger partial charge on any atom is 0.315 e. The van der Waals surface area contributed by atoms with Crippen LogP contribution in [0.15, 0.2) is 0 Å². The number of likely N-dealkylation sites (tertiary alicyclic amines) is 1. The fourth-order valence-electron chi connectivity index (χ4n) is 7.29. The molecule has 4 rings (SSSR count). The number of urea groups is 1.